The van der Waals surface area contributed by atoms with E-state index < -0.39 is 5.60 Å². The molecule has 1 atom stereocenters. The molecule has 1 aromatic carbocycles. The van der Waals surface area contributed by atoms with Crippen LogP contribution in [0, 0.1) is 0 Å². The van der Waals surface area contributed by atoms with E-state index in [-0.39, 0.29) is 12.1 Å². The number of nitrogens with zero attached hydrogens (tertiary/aromatic N) is 1. The Morgan fingerprint density at radius 2 is 2.04 bits per heavy atom. The van der Waals surface area contributed by atoms with E-state index in [1.54, 1.807) is 11.8 Å². The second-order valence-corrected chi connectivity index (χ2v) is 7.72. The van der Waals surface area contributed by atoms with Crippen LogP contribution in [0.5, 0.6) is 5.75 Å². The van der Waals surface area contributed by atoms with E-state index in [1.807, 2.05) is 37.8 Å². The summed E-state index contributed by atoms with van der Waals surface area (Å²) in [6.45, 7) is 8.49. The molecule has 6 heteroatoms. The number of amides is 1. The van der Waals surface area contributed by atoms with Crippen molar-refractivity contribution in [2.75, 3.05) is 32.5 Å². The Bertz CT molecular complexity index is 528. The summed E-state index contributed by atoms with van der Waals surface area (Å²) in [6, 6.07) is 8.16. The zero-order valence-corrected chi connectivity index (χ0v) is 15.8. The van der Waals surface area contributed by atoms with E-state index in [1.165, 1.54) is 4.90 Å². The van der Waals surface area contributed by atoms with Gasteiger partial charge in [0.2, 0.25) is 0 Å². The number of piperazine rings is 1. The molecule has 24 heavy (non-hydrogen) atoms. The highest BCUT2D eigenvalue weighted by Gasteiger charge is 2.30. The van der Waals surface area contributed by atoms with Gasteiger partial charge in [-0.25, -0.2) is 4.79 Å². The number of carbonyl (C=O) groups excluding carboxylic acids is 1. The van der Waals surface area contributed by atoms with Crippen LogP contribution < -0.4 is 10.1 Å². The fourth-order valence-electron chi connectivity index (χ4n) is 2.56. The van der Waals surface area contributed by atoms with Crippen LogP contribution in [-0.2, 0) is 4.74 Å². The topological polar surface area (TPSA) is 50.8 Å². The van der Waals surface area contributed by atoms with Crippen LogP contribution in [0.15, 0.2) is 29.2 Å². The van der Waals surface area contributed by atoms with E-state index >= 15 is 0 Å². The number of hydrogen-bond acceptors (Lipinski definition) is 5. The molecule has 1 N–H and O–H groups in total. The smallest absolute Gasteiger partial charge is 0.410 e. The zero-order valence-electron chi connectivity index (χ0n) is 15.0. The Kier molecular flexibility index (Phi) is 6.80. The summed E-state index contributed by atoms with van der Waals surface area (Å²) in [5.74, 6) is 0.861. The lowest BCUT2D eigenvalue weighted by Crippen LogP contribution is -2.55. The van der Waals surface area contributed by atoms with Crippen molar-refractivity contribution < 1.29 is 14.3 Å². The third kappa shape index (κ3) is 5.91. The van der Waals surface area contributed by atoms with Gasteiger partial charge in [0.15, 0.2) is 0 Å². The SMILES string of the molecule is CSc1ccc(OCCC2CNCCN2C(=O)OC(C)(C)C)cc1. The molecule has 1 aromatic rings. The minimum absolute atomic E-state index is 0.0964. The molecular formula is C18H28N2O3S. The first-order valence-electron chi connectivity index (χ1n) is 8.36. The highest BCUT2D eigenvalue weighted by Crippen LogP contribution is 2.20. The Morgan fingerprint density at radius 3 is 2.67 bits per heavy atom. The van der Waals surface area contributed by atoms with Gasteiger partial charge in [0.25, 0.3) is 0 Å². The highest BCUT2D eigenvalue weighted by molar-refractivity contribution is 7.98. The van der Waals surface area contributed by atoms with Crippen LogP contribution in [0.4, 0.5) is 4.79 Å². The molecule has 1 unspecified atom stereocenters. The number of benzene rings is 1. The van der Waals surface area contributed by atoms with Crippen molar-refractivity contribution in [3.8, 4) is 5.75 Å². The van der Waals surface area contributed by atoms with Gasteiger partial charge >= 0.3 is 6.09 Å². The number of thioether (sulfide) groups is 1. The predicted molar refractivity (Wildman–Crippen MR) is 97.9 cm³/mol. The molecule has 0 radical (unpaired) electrons. The van der Waals surface area contributed by atoms with Crippen molar-refractivity contribution in [2.24, 2.45) is 0 Å². The molecule has 1 saturated heterocycles. The second-order valence-electron chi connectivity index (χ2n) is 6.84. The first-order chi connectivity index (χ1) is 11.4. The lowest BCUT2D eigenvalue weighted by Gasteiger charge is -2.37. The van der Waals surface area contributed by atoms with Crippen LogP contribution in [-0.4, -0.2) is 55.1 Å². The van der Waals surface area contributed by atoms with Gasteiger partial charge in [-0.2, -0.15) is 0 Å². The maximum atomic E-state index is 12.4. The van der Waals surface area contributed by atoms with Crippen molar-refractivity contribution in [1.82, 2.24) is 10.2 Å². The molecule has 0 aliphatic carbocycles. The van der Waals surface area contributed by atoms with Gasteiger partial charge in [0.1, 0.15) is 11.4 Å². The number of nitrogens with one attached hydrogen (secondary N) is 1. The van der Waals surface area contributed by atoms with Gasteiger partial charge < -0.3 is 19.7 Å². The molecule has 2 rings (SSSR count). The molecule has 0 saturated carbocycles. The van der Waals surface area contributed by atoms with Gasteiger partial charge in [0.05, 0.1) is 12.6 Å². The van der Waals surface area contributed by atoms with Crippen LogP contribution in [0.1, 0.15) is 27.2 Å². The summed E-state index contributed by atoms with van der Waals surface area (Å²) in [5, 5.41) is 3.34. The summed E-state index contributed by atoms with van der Waals surface area (Å²) in [7, 11) is 0. The van der Waals surface area contributed by atoms with Gasteiger partial charge in [-0.1, -0.05) is 0 Å². The molecule has 1 heterocycles. The molecule has 134 valence electrons. The first kappa shape index (κ1) is 18.9. The summed E-state index contributed by atoms with van der Waals surface area (Å²) < 4.78 is 11.3. The normalized spacial score (nSPS) is 18.3. The van der Waals surface area contributed by atoms with Crippen LogP contribution in [0.2, 0.25) is 0 Å². The molecule has 1 aliphatic heterocycles. The highest BCUT2D eigenvalue weighted by atomic mass is 32.2. The Hall–Kier alpha value is -1.40. The minimum Gasteiger partial charge on any atom is -0.494 e. The number of carbonyl (C=O) groups is 1. The summed E-state index contributed by atoms with van der Waals surface area (Å²) >= 11 is 1.71. The molecule has 0 bridgehead atoms. The van der Waals surface area contributed by atoms with Gasteiger partial charge in [-0.15, -0.1) is 11.8 Å². The molecule has 1 aliphatic rings. The average molecular weight is 353 g/mol. The Morgan fingerprint density at radius 1 is 1.33 bits per heavy atom. The van der Waals surface area contributed by atoms with Crippen LogP contribution in [0.25, 0.3) is 0 Å². The van der Waals surface area contributed by atoms with E-state index in [4.69, 9.17) is 9.47 Å². The average Bonchev–Trinajstić information content (AvgIpc) is 2.54. The largest absolute Gasteiger partial charge is 0.494 e. The van der Waals surface area contributed by atoms with E-state index in [0.717, 1.165) is 25.3 Å². The van der Waals surface area contributed by atoms with Crippen molar-refractivity contribution in [1.29, 1.82) is 0 Å². The van der Waals surface area contributed by atoms with Gasteiger partial charge in [-0.05, 0) is 51.3 Å². The van der Waals surface area contributed by atoms with Crippen LogP contribution >= 0.6 is 11.8 Å². The number of rotatable bonds is 5. The summed E-state index contributed by atoms with van der Waals surface area (Å²) in [4.78, 5) is 15.4. The van der Waals surface area contributed by atoms with Crippen molar-refractivity contribution >= 4 is 17.9 Å². The van der Waals surface area contributed by atoms with Crippen molar-refractivity contribution in [3.63, 3.8) is 0 Å². The predicted octanol–water partition coefficient (Wildman–Crippen LogP) is 3.39. The second kappa shape index (κ2) is 8.62. The third-order valence-corrected chi connectivity index (χ3v) is 4.50. The molecule has 5 nitrogen and oxygen atoms in total. The molecular weight excluding hydrogens is 324 g/mol. The van der Waals surface area contributed by atoms with Gasteiger partial charge in [-0.3, -0.25) is 0 Å². The number of hydrogen-bond donors (Lipinski definition) is 1. The van der Waals surface area contributed by atoms with E-state index in [0.29, 0.717) is 13.2 Å². The minimum atomic E-state index is -0.470. The zero-order chi connectivity index (χ0) is 17.6. The summed E-state index contributed by atoms with van der Waals surface area (Å²) in [5.41, 5.74) is -0.470. The summed E-state index contributed by atoms with van der Waals surface area (Å²) in [6.07, 6.45) is 2.59. The third-order valence-electron chi connectivity index (χ3n) is 3.76. The van der Waals surface area contributed by atoms with Crippen molar-refractivity contribution in [3.05, 3.63) is 24.3 Å². The van der Waals surface area contributed by atoms with Crippen LogP contribution in [0.3, 0.4) is 0 Å². The van der Waals surface area contributed by atoms with E-state index in [9.17, 15) is 4.79 Å². The Labute approximate surface area is 149 Å². The maximum Gasteiger partial charge on any atom is 0.410 e. The first-order valence-corrected chi connectivity index (χ1v) is 9.59. The monoisotopic (exact) mass is 352 g/mol. The Balaban J connectivity index is 1.85. The fourth-order valence-corrected chi connectivity index (χ4v) is 2.97. The maximum absolute atomic E-state index is 12.4. The van der Waals surface area contributed by atoms with Crippen molar-refractivity contribution in [2.45, 2.75) is 43.7 Å². The molecule has 0 spiro atoms. The fraction of sp³-hybridized carbons (Fsp3) is 0.611. The lowest BCUT2D eigenvalue weighted by atomic mass is 10.1. The van der Waals surface area contributed by atoms with E-state index in [2.05, 4.69) is 23.7 Å². The quantitative estimate of drug-likeness (QED) is 0.823. The lowest BCUT2D eigenvalue weighted by molar-refractivity contribution is 0.00985. The molecule has 1 amide bonds. The number of ether oxygens (including phenoxy) is 2. The van der Waals surface area contributed by atoms with Gasteiger partial charge in [0, 0.05) is 31.0 Å². The molecule has 0 aromatic heterocycles. The standard InChI is InChI=1S/C18H28N2O3S/c1-18(2,3)23-17(21)20-11-10-19-13-14(20)9-12-22-15-5-7-16(24-4)8-6-15/h5-8,14,19H,9-13H2,1-4H3. The molecule has 1 fully saturated rings.